The second kappa shape index (κ2) is 7.40. The summed E-state index contributed by atoms with van der Waals surface area (Å²) in [4.78, 5) is 12.0. The number of esters is 1. The van der Waals surface area contributed by atoms with Crippen molar-refractivity contribution in [2.45, 2.75) is 69.8 Å². The molecule has 7 heteroatoms. The van der Waals surface area contributed by atoms with E-state index in [1.54, 1.807) is 0 Å². The van der Waals surface area contributed by atoms with Crippen molar-refractivity contribution in [3.8, 4) is 0 Å². The summed E-state index contributed by atoms with van der Waals surface area (Å²) in [7, 11) is 0. The minimum Gasteiger partial charge on any atom is -0.455 e. The molecule has 0 radical (unpaired) electrons. The van der Waals surface area contributed by atoms with E-state index in [4.69, 9.17) is 21.1 Å². The average Bonchev–Trinajstić information content (AvgIpc) is 2.96. The van der Waals surface area contributed by atoms with Crippen molar-refractivity contribution in [3.05, 3.63) is 35.7 Å². The fraction of sp³-hybridized carbons (Fsp3) is 0.650. The third kappa shape index (κ3) is 3.83. The highest BCUT2D eigenvalue weighted by Crippen LogP contribution is 2.49. The summed E-state index contributed by atoms with van der Waals surface area (Å²) in [5, 5.41) is 8.48. The Morgan fingerprint density at radius 3 is 3.15 bits per heavy atom. The van der Waals surface area contributed by atoms with Crippen molar-refractivity contribution in [2.75, 3.05) is 5.88 Å². The van der Waals surface area contributed by atoms with Crippen LogP contribution in [0.4, 0.5) is 0 Å². The van der Waals surface area contributed by atoms with Crippen molar-refractivity contribution in [1.82, 2.24) is 15.0 Å². The first-order chi connectivity index (χ1) is 13.0. The van der Waals surface area contributed by atoms with E-state index in [1.807, 2.05) is 10.9 Å². The van der Waals surface area contributed by atoms with Gasteiger partial charge in [0.25, 0.3) is 0 Å². The van der Waals surface area contributed by atoms with E-state index in [1.165, 1.54) is 5.57 Å². The predicted molar refractivity (Wildman–Crippen MR) is 101 cm³/mol. The molecule has 0 saturated carbocycles. The molecule has 0 amide bonds. The van der Waals surface area contributed by atoms with Crippen molar-refractivity contribution in [3.63, 3.8) is 0 Å². The van der Waals surface area contributed by atoms with Gasteiger partial charge >= 0.3 is 5.97 Å². The van der Waals surface area contributed by atoms with E-state index in [0.717, 1.165) is 44.2 Å². The van der Waals surface area contributed by atoms with Crippen LogP contribution in [0.25, 0.3) is 0 Å². The fourth-order valence-corrected chi connectivity index (χ4v) is 4.38. The molecule has 2 aliphatic heterocycles. The first-order valence-corrected chi connectivity index (χ1v) is 10.2. The molecule has 2 saturated heterocycles. The number of carbonyl (C=O) groups excluding carboxylic acids is 1. The topological polar surface area (TPSA) is 69.5 Å². The van der Waals surface area contributed by atoms with Crippen LogP contribution in [0.1, 0.15) is 44.7 Å². The Balaban J connectivity index is 1.47. The lowest BCUT2D eigenvalue weighted by atomic mass is 9.84. The Bertz CT molecular complexity index is 774. The maximum atomic E-state index is 12.0. The van der Waals surface area contributed by atoms with Crippen LogP contribution >= 0.6 is 11.6 Å². The number of hydrogen-bond donors (Lipinski definition) is 0. The molecule has 0 bridgehead atoms. The largest absolute Gasteiger partial charge is 0.455 e. The Hall–Kier alpha value is -1.66. The molecule has 2 fully saturated rings. The average molecular weight is 392 g/mol. The molecular formula is C20H26ClN3O3. The molecule has 1 aliphatic carbocycles. The first-order valence-electron chi connectivity index (χ1n) is 9.70. The summed E-state index contributed by atoms with van der Waals surface area (Å²) < 4.78 is 13.4. The number of rotatable bonds is 5. The number of nitrogens with zero attached hydrogens (tertiary/aromatic N) is 3. The van der Waals surface area contributed by atoms with Gasteiger partial charge in [-0.2, -0.15) is 0 Å². The molecule has 0 aromatic carbocycles. The van der Waals surface area contributed by atoms with Gasteiger partial charge in [-0.3, -0.25) is 0 Å². The van der Waals surface area contributed by atoms with Gasteiger partial charge in [0.15, 0.2) is 0 Å². The number of aromatic nitrogens is 3. The highest BCUT2D eigenvalue weighted by atomic mass is 35.5. The molecule has 27 heavy (non-hydrogen) atoms. The minimum atomic E-state index is -0.271. The molecule has 0 N–H and O–H groups in total. The summed E-state index contributed by atoms with van der Waals surface area (Å²) in [6.07, 6.45) is 9.45. The lowest BCUT2D eigenvalue weighted by Crippen LogP contribution is -2.29. The van der Waals surface area contributed by atoms with Crippen LogP contribution in [0.3, 0.4) is 0 Å². The third-order valence-corrected chi connectivity index (χ3v) is 6.22. The molecule has 3 aliphatic rings. The smallest absolute Gasteiger partial charge is 0.334 e. The van der Waals surface area contributed by atoms with Gasteiger partial charge in [-0.05, 0) is 45.4 Å². The van der Waals surface area contributed by atoms with E-state index in [9.17, 15) is 4.79 Å². The first kappa shape index (κ1) is 18.7. The van der Waals surface area contributed by atoms with E-state index in [-0.39, 0.29) is 29.7 Å². The molecule has 0 unspecified atom stereocenters. The zero-order chi connectivity index (χ0) is 19.0. The summed E-state index contributed by atoms with van der Waals surface area (Å²) >= 11 is 5.75. The third-order valence-electron chi connectivity index (χ3n) is 5.96. The summed E-state index contributed by atoms with van der Waals surface area (Å²) in [6, 6.07) is 0. The number of carbonyl (C=O) groups is 1. The van der Waals surface area contributed by atoms with Crippen molar-refractivity contribution >= 4 is 17.6 Å². The zero-order valence-electron chi connectivity index (χ0n) is 15.7. The Kier molecular flexibility index (Phi) is 5.12. The summed E-state index contributed by atoms with van der Waals surface area (Å²) in [5.41, 5.74) is 2.66. The van der Waals surface area contributed by atoms with E-state index >= 15 is 0 Å². The van der Waals surface area contributed by atoms with Gasteiger partial charge in [-0.1, -0.05) is 23.4 Å². The fourth-order valence-electron chi connectivity index (χ4n) is 4.25. The Labute approximate surface area is 164 Å². The van der Waals surface area contributed by atoms with Gasteiger partial charge in [0.05, 0.1) is 17.8 Å². The van der Waals surface area contributed by atoms with Crippen LogP contribution in [0, 0.1) is 5.92 Å². The molecule has 4 atom stereocenters. The number of ether oxygens (including phenoxy) is 2. The van der Waals surface area contributed by atoms with Gasteiger partial charge in [-0.15, -0.1) is 16.7 Å². The van der Waals surface area contributed by atoms with Crippen LogP contribution in [0.5, 0.6) is 0 Å². The molecule has 1 aromatic heterocycles. The standard InChI is InChI=1S/C20H26ClN3O3/c1-13-16-8-7-14(11-24-12-15(22-23-24)6-4-10-21)5-3-9-20(2)18(27-20)17(16)26-19(13)25/h5,12,16-18H,1,3-4,6-11H2,2H3/b14-5+/t16-,17-,18-,20+/m0/s1. The van der Waals surface area contributed by atoms with Crippen LogP contribution in [-0.4, -0.2) is 44.7 Å². The van der Waals surface area contributed by atoms with E-state index in [2.05, 4.69) is 29.9 Å². The SMILES string of the molecule is C=C1C(=O)O[C@H]2[C@H]1CC/C(Cn1cc(CCCCl)nn1)=C\CC[C@@]1(C)O[C@@H]21. The van der Waals surface area contributed by atoms with Gasteiger partial charge in [0.2, 0.25) is 0 Å². The normalized spacial score (nSPS) is 35.0. The van der Waals surface area contributed by atoms with Gasteiger partial charge in [-0.25, -0.2) is 9.48 Å². The summed E-state index contributed by atoms with van der Waals surface area (Å²) in [6.45, 7) is 6.80. The van der Waals surface area contributed by atoms with Gasteiger partial charge in [0.1, 0.15) is 12.2 Å². The Morgan fingerprint density at radius 2 is 2.33 bits per heavy atom. The van der Waals surface area contributed by atoms with Crippen molar-refractivity contribution in [1.29, 1.82) is 0 Å². The number of allylic oxidation sites excluding steroid dienone is 2. The number of aryl methyl sites for hydroxylation is 1. The Morgan fingerprint density at radius 1 is 1.48 bits per heavy atom. The predicted octanol–water partition coefficient (Wildman–Crippen LogP) is 3.21. The number of epoxide rings is 1. The quantitative estimate of drug-likeness (QED) is 0.253. The highest BCUT2D eigenvalue weighted by molar-refractivity contribution is 6.17. The molecule has 3 heterocycles. The van der Waals surface area contributed by atoms with Crippen LogP contribution < -0.4 is 0 Å². The lowest BCUT2D eigenvalue weighted by molar-refractivity contribution is -0.140. The summed E-state index contributed by atoms with van der Waals surface area (Å²) in [5.74, 6) is 0.390. The molecular weight excluding hydrogens is 366 g/mol. The number of halogens is 1. The van der Waals surface area contributed by atoms with E-state index < -0.39 is 0 Å². The maximum Gasteiger partial charge on any atom is 0.334 e. The maximum absolute atomic E-state index is 12.0. The zero-order valence-corrected chi connectivity index (χ0v) is 16.5. The molecule has 1 aromatic rings. The molecule has 6 nitrogen and oxygen atoms in total. The van der Waals surface area contributed by atoms with Crippen LogP contribution in [-0.2, 0) is 27.2 Å². The highest BCUT2D eigenvalue weighted by Gasteiger charge is 2.61. The number of alkyl halides is 1. The van der Waals surface area contributed by atoms with E-state index in [0.29, 0.717) is 18.0 Å². The lowest BCUT2D eigenvalue weighted by Gasteiger charge is -2.20. The van der Waals surface area contributed by atoms with Crippen LogP contribution in [0.15, 0.2) is 30.0 Å². The van der Waals surface area contributed by atoms with Gasteiger partial charge in [0, 0.05) is 23.6 Å². The van der Waals surface area contributed by atoms with Crippen LogP contribution in [0.2, 0.25) is 0 Å². The second-order valence-electron chi connectivity index (χ2n) is 7.99. The van der Waals surface area contributed by atoms with Crippen molar-refractivity contribution in [2.24, 2.45) is 5.92 Å². The monoisotopic (exact) mass is 391 g/mol. The molecule has 146 valence electrons. The second-order valence-corrected chi connectivity index (χ2v) is 8.37. The number of hydrogen-bond acceptors (Lipinski definition) is 5. The molecule has 0 spiro atoms. The van der Waals surface area contributed by atoms with Crippen molar-refractivity contribution < 1.29 is 14.3 Å². The molecule has 4 rings (SSSR count). The minimum absolute atomic E-state index is 0.000423. The van der Waals surface area contributed by atoms with Gasteiger partial charge < -0.3 is 9.47 Å². The number of fused-ring (bicyclic) bond motifs is 3.